The minimum absolute atomic E-state index is 0.0233. The first-order chi connectivity index (χ1) is 9.38. The van der Waals surface area contributed by atoms with Gasteiger partial charge in [-0.05, 0) is 29.4 Å². The molecule has 0 aliphatic carbocycles. The Morgan fingerprint density at radius 2 is 1.70 bits per heavy atom. The van der Waals surface area contributed by atoms with Crippen molar-refractivity contribution >= 4 is 5.91 Å². The molecule has 0 aromatic heterocycles. The number of hydrogen-bond donors (Lipinski definition) is 1. The minimum atomic E-state index is -0.0828. The van der Waals surface area contributed by atoms with Gasteiger partial charge in [-0.1, -0.05) is 45.0 Å². The number of rotatable bonds is 2. The molecule has 0 bridgehead atoms. The molecular weight excluding hydrogens is 248 g/mol. The molecule has 0 spiro atoms. The molecule has 0 fully saturated rings. The molecule has 110 valence electrons. The Bertz CT molecular complexity index is 449. The third kappa shape index (κ3) is 3.60. The third-order valence-corrected chi connectivity index (χ3v) is 4.28. The first-order valence-corrected chi connectivity index (χ1v) is 7.48. The molecule has 1 unspecified atom stereocenters. The number of fused-ring (bicyclic) bond motifs is 1. The van der Waals surface area contributed by atoms with E-state index in [4.69, 9.17) is 5.73 Å². The maximum absolute atomic E-state index is 12.4. The van der Waals surface area contributed by atoms with Crippen LogP contribution in [0.25, 0.3) is 0 Å². The van der Waals surface area contributed by atoms with Gasteiger partial charge in [0.1, 0.15) is 0 Å². The molecule has 2 N–H and O–H groups in total. The van der Waals surface area contributed by atoms with Crippen LogP contribution < -0.4 is 5.73 Å². The predicted molar refractivity (Wildman–Crippen MR) is 82.5 cm³/mol. The molecule has 1 aliphatic rings. The highest BCUT2D eigenvalue weighted by Crippen LogP contribution is 2.21. The van der Waals surface area contributed by atoms with E-state index in [1.54, 1.807) is 0 Å². The van der Waals surface area contributed by atoms with Gasteiger partial charge in [-0.25, -0.2) is 0 Å². The quantitative estimate of drug-likeness (QED) is 0.900. The molecule has 1 aromatic rings. The van der Waals surface area contributed by atoms with E-state index < -0.39 is 0 Å². The lowest BCUT2D eigenvalue weighted by Gasteiger charge is -2.29. The zero-order valence-electron chi connectivity index (χ0n) is 12.9. The number of nitrogens with zero attached hydrogens (tertiary/aromatic N) is 1. The second-order valence-electron chi connectivity index (χ2n) is 6.83. The number of amides is 1. The molecule has 1 amide bonds. The first kappa shape index (κ1) is 15.0. The predicted octanol–water partition coefficient (Wildman–Crippen LogP) is 2.38. The highest BCUT2D eigenvalue weighted by atomic mass is 16.2. The van der Waals surface area contributed by atoms with E-state index in [0.29, 0.717) is 6.42 Å². The van der Waals surface area contributed by atoms with Crippen LogP contribution >= 0.6 is 0 Å². The number of carbonyl (C=O) groups is 1. The number of hydrogen-bond acceptors (Lipinski definition) is 2. The highest BCUT2D eigenvalue weighted by molar-refractivity contribution is 5.77. The molecule has 0 radical (unpaired) electrons. The largest absolute Gasteiger partial charge is 0.342 e. The van der Waals surface area contributed by atoms with Crippen molar-refractivity contribution in [3.05, 3.63) is 35.4 Å². The fraction of sp³-hybridized carbons (Fsp3) is 0.588. The number of nitrogens with two attached hydrogens (primary N) is 1. The summed E-state index contributed by atoms with van der Waals surface area (Å²) >= 11 is 0. The summed E-state index contributed by atoms with van der Waals surface area (Å²) < 4.78 is 0. The fourth-order valence-electron chi connectivity index (χ4n) is 2.54. The zero-order chi connectivity index (χ0) is 14.8. The lowest BCUT2D eigenvalue weighted by molar-refractivity contribution is -0.132. The van der Waals surface area contributed by atoms with Crippen molar-refractivity contribution < 1.29 is 4.79 Å². The van der Waals surface area contributed by atoms with E-state index in [-0.39, 0.29) is 17.4 Å². The monoisotopic (exact) mass is 274 g/mol. The van der Waals surface area contributed by atoms with Gasteiger partial charge in [0, 0.05) is 25.6 Å². The highest BCUT2D eigenvalue weighted by Gasteiger charge is 2.26. The Hall–Kier alpha value is -1.35. The molecule has 2 rings (SSSR count). The van der Waals surface area contributed by atoms with Gasteiger partial charge in [0.25, 0.3) is 0 Å². The van der Waals surface area contributed by atoms with Crippen molar-refractivity contribution in [3.63, 3.8) is 0 Å². The van der Waals surface area contributed by atoms with Crippen molar-refractivity contribution in [2.24, 2.45) is 11.1 Å². The van der Waals surface area contributed by atoms with Gasteiger partial charge >= 0.3 is 0 Å². The first-order valence-electron chi connectivity index (χ1n) is 7.48. The zero-order valence-corrected chi connectivity index (χ0v) is 12.9. The van der Waals surface area contributed by atoms with Gasteiger partial charge in [0.05, 0.1) is 0 Å². The summed E-state index contributed by atoms with van der Waals surface area (Å²) in [6.07, 6.45) is 2.35. The van der Waals surface area contributed by atoms with Crippen molar-refractivity contribution in [1.29, 1.82) is 0 Å². The van der Waals surface area contributed by atoms with Crippen molar-refractivity contribution in [3.8, 4) is 0 Å². The lowest BCUT2D eigenvalue weighted by Crippen LogP contribution is -2.42. The Morgan fingerprint density at radius 3 is 2.15 bits per heavy atom. The van der Waals surface area contributed by atoms with Crippen molar-refractivity contribution in [2.75, 3.05) is 13.1 Å². The molecule has 20 heavy (non-hydrogen) atoms. The summed E-state index contributed by atoms with van der Waals surface area (Å²) in [4.78, 5) is 14.4. The van der Waals surface area contributed by atoms with E-state index in [2.05, 4.69) is 45.0 Å². The van der Waals surface area contributed by atoms with Crippen LogP contribution in [0.1, 0.15) is 38.3 Å². The molecule has 1 heterocycles. The molecule has 0 saturated carbocycles. The Morgan fingerprint density at radius 1 is 1.20 bits per heavy atom. The molecule has 0 saturated heterocycles. The molecule has 1 aliphatic heterocycles. The number of carbonyl (C=O) groups excluding carboxylic acids is 1. The summed E-state index contributed by atoms with van der Waals surface area (Å²) in [5.74, 6) is 0.195. The summed E-state index contributed by atoms with van der Waals surface area (Å²) in [5.41, 5.74) is 8.87. The van der Waals surface area contributed by atoms with Crippen LogP contribution in [0.4, 0.5) is 0 Å². The number of benzene rings is 1. The third-order valence-electron chi connectivity index (χ3n) is 4.28. The minimum Gasteiger partial charge on any atom is -0.342 e. The molecule has 1 atom stereocenters. The standard InChI is InChI=1S/C17H26N2O/c1-17(2,3)15(18)12-16(20)19-10-8-13-6-4-5-7-14(13)9-11-19/h4-7,15H,8-12,18H2,1-3H3. The van der Waals surface area contributed by atoms with E-state index in [0.717, 1.165) is 25.9 Å². The van der Waals surface area contributed by atoms with Gasteiger partial charge in [-0.15, -0.1) is 0 Å². The fourth-order valence-corrected chi connectivity index (χ4v) is 2.54. The Balaban J connectivity index is 1.97. The summed E-state index contributed by atoms with van der Waals surface area (Å²) in [6, 6.07) is 8.41. The van der Waals surface area contributed by atoms with Gasteiger partial charge in [-0.3, -0.25) is 4.79 Å². The van der Waals surface area contributed by atoms with E-state index in [1.165, 1.54) is 11.1 Å². The van der Waals surface area contributed by atoms with Gasteiger partial charge < -0.3 is 10.6 Å². The molecule has 3 nitrogen and oxygen atoms in total. The molecule has 1 aromatic carbocycles. The summed E-state index contributed by atoms with van der Waals surface area (Å²) in [5, 5.41) is 0. The van der Waals surface area contributed by atoms with Crippen LogP contribution in [0.2, 0.25) is 0 Å². The molecule has 3 heteroatoms. The topological polar surface area (TPSA) is 46.3 Å². The smallest absolute Gasteiger partial charge is 0.224 e. The normalized spacial score (nSPS) is 17.3. The van der Waals surface area contributed by atoms with Crippen LogP contribution in [-0.4, -0.2) is 29.9 Å². The molecular formula is C17H26N2O. The van der Waals surface area contributed by atoms with Crippen LogP contribution in [0.15, 0.2) is 24.3 Å². The summed E-state index contributed by atoms with van der Waals surface area (Å²) in [6.45, 7) is 7.88. The Labute approximate surface area is 122 Å². The van der Waals surface area contributed by atoms with Crippen LogP contribution in [0.5, 0.6) is 0 Å². The van der Waals surface area contributed by atoms with Gasteiger partial charge in [-0.2, -0.15) is 0 Å². The second-order valence-corrected chi connectivity index (χ2v) is 6.83. The van der Waals surface area contributed by atoms with Crippen molar-refractivity contribution in [1.82, 2.24) is 4.90 Å². The second kappa shape index (κ2) is 5.96. The van der Waals surface area contributed by atoms with E-state index >= 15 is 0 Å². The van der Waals surface area contributed by atoms with E-state index in [9.17, 15) is 4.79 Å². The van der Waals surface area contributed by atoms with Gasteiger partial charge in [0.15, 0.2) is 0 Å². The maximum Gasteiger partial charge on any atom is 0.224 e. The van der Waals surface area contributed by atoms with Crippen molar-refractivity contribution in [2.45, 2.75) is 46.1 Å². The van der Waals surface area contributed by atoms with Crippen LogP contribution in [0.3, 0.4) is 0 Å². The SMILES string of the molecule is CC(C)(C)C(N)CC(=O)N1CCc2ccccc2CC1. The van der Waals surface area contributed by atoms with E-state index in [1.807, 2.05) is 4.90 Å². The average molecular weight is 274 g/mol. The maximum atomic E-state index is 12.4. The van der Waals surface area contributed by atoms with Crippen LogP contribution in [0, 0.1) is 5.41 Å². The van der Waals surface area contributed by atoms with Gasteiger partial charge in [0.2, 0.25) is 5.91 Å². The Kier molecular flexibility index (Phi) is 4.48. The van der Waals surface area contributed by atoms with Crippen LogP contribution in [-0.2, 0) is 17.6 Å². The summed E-state index contributed by atoms with van der Waals surface area (Å²) in [7, 11) is 0. The lowest BCUT2D eigenvalue weighted by atomic mass is 9.85. The average Bonchev–Trinajstić information content (AvgIpc) is 2.60.